The van der Waals surface area contributed by atoms with Crippen LogP contribution in [0, 0.1) is 11.6 Å². The molecule has 19 heavy (non-hydrogen) atoms. The molecule has 1 rings (SSSR count). The molecule has 0 aliphatic rings. The predicted molar refractivity (Wildman–Crippen MR) is 74.2 cm³/mol. The van der Waals surface area contributed by atoms with Gasteiger partial charge in [0.05, 0.1) is 0 Å². The fourth-order valence-electron chi connectivity index (χ4n) is 1.53. The summed E-state index contributed by atoms with van der Waals surface area (Å²) in [6.45, 7) is 7.27. The van der Waals surface area contributed by atoms with E-state index in [0.717, 1.165) is 18.7 Å². The summed E-state index contributed by atoms with van der Waals surface area (Å²) in [5, 5.41) is 6.09. The van der Waals surface area contributed by atoms with Gasteiger partial charge < -0.3 is 10.6 Å². The van der Waals surface area contributed by atoms with E-state index in [1.807, 2.05) is 6.92 Å². The first-order valence-corrected chi connectivity index (χ1v) is 6.24. The quantitative estimate of drug-likeness (QED) is 0.471. The molecule has 0 radical (unpaired) electrons. The molecule has 104 valence electrons. The first kappa shape index (κ1) is 15.1. The highest BCUT2D eigenvalue weighted by Gasteiger charge is 2.03. The lowest BCUT2D eigenvalue weighted by Crippen LogP contribution is -2.37. The number of nitrogens with zero attached hydrogens (tertiary/aromatic N) is 1. The van der Waals surface area contributed by atoms with Gasteiger partial charge in [-0.3, -0.25) is 4.99 Å². The molecule has 0 unspecified atom stereocenters. The van der Waals surface area contributed by atoms with E-state index < -0.39 is 11.6 Å². The maximum atomic E-state index is 13.4. The lowest BCUT2D eigenvalue weighted by Gasteiger charge is -2.09. The van der Waals surface area contributed by atoms with Gasteiger partial charge in [0.25, 0.3) is 0 Å². The molecular weight excluding hydrogens is 248 g/mol. The van der Waals surface area contributed by atoms with Crippen LogP contribution in [0.5, 0.6) is 0 Å². The Kier molecular flexibility index (Phi) is 6.57. The first-order chi connectivity index (χ1) is 9.17. The Morgan fingerprint density at radius 2 is 2.16 bits per heavy atom. The fourth-order valence-corrected chi connectivity index (χ4v) is 1.53. The summed E-state index contributed by atoms with van der Waals surface area (Å²) in [4.78, 5) is 4.27. The van der Waals surface area contributed by atoms with E-state index in [9.17, 15) is 8.78 Å². The highest BCUT2D eigenvalue weighted by atomic mass is 19.1. The van der Waals surface area contributed by atoms with Gasteiger partial charge in [-0.2, -0.15) is 0 Å². The zero-order valence-corrected chi connectivity index (χ0v) is 11.0. The standard InChI is InChI=1S/C14H19F2N3/c1-3-8-18-14(17-4-2)19-9-7-11-10-12(15)5-6-13(11)16/h3,5-6,10H,1,4,7-9H2,2H3,(H2,17,18,19). The SMILES string of the molecule is C=CCNC(=NCCc1cc(F)ccc1F)NCC. The maximum Gasteiger partial charge on any atom is 0.191 e. The topological polar surface area (TPSA) is 36.4 Å². The first-order valence-electron chi connectivity index (χ1n) is 6.24. The van der Waals surface area contributed by atoms with Crippen LogP contribution in [0.15, 0.2) is 35.8 Å². The lowest BCUT2D eigenvalue weighted by molar-refractivity contribution is 0.585. The zero-order valence-electron chi connectivity index (χ0n) is 11.0. The van der Waals surface area contributed by atoms with Gasteiger partial charge in [-0.25, -0.2) is 8.78 Å². The minimum absolute atomic E-state index is 0.336. The predicted octanol–water partition coefficient (Wildman–Crippen LogP) is 2.25. The number of guanidine groups is 1. The van der Waals surface area contributed by atoms with Crippen molar-refractivity contribution in [1.29, 1.82) is 0 Å². The number of rotatable bonds is 6. The van der Waals surface area contributed by atoms with Crippen LogP contribution >= 0.6 is 0 Å². The summed E-state index contributed by atoms with van der Waals surface area (Å²) in [5.41, 5.74) is 0.336. The minimum Gasteiger partial charge on any atom is -0.357 e. The summed E-state index contributed by atoms with van der Waals surface area (Å²) in [5.74, 6) is -0.197. The molecule has 0 saturated carbocycles. The van der Waals surface area contributed by atoms with Crippen molar-refractivity contribution in [3.8, 4) is 0 Å². The second-order valence-electron chi connectivity index (χ2n) is 3.92. The molecule has 0 aliphatic carbocycles. The fraction of sp³-hybridized carbons (Fsp3) is 0.357. The van der Waals surface area contributed by atoms with Crippen LogP contribution in [0.2, 0.25) is 0 Å². The number of aliphatic imine (C=N–C) groups is 1. The molecule has 0 amide bonds. The third-order valence-electron chi connectivity index (χ3n) is 2.42. The monoisotopic (exact) mass is 267 g/mol. The third kappa shape index (κ3) is 5.50. The summed E-state index contributed by atoms with van der Waals surface area (Å²) < 4.78 is 26.4. The molecule has 0 saturated heterocycles. The summed E-state index contributed by atoms with van der Waals surface area (Å²) >= 11 is 0. The van der Waals surface area contributed by atoms with Gasteiger partial charge in [0.2, 0.25) is 0 Å². The van der Waals surface area contributed by atoms with Gasteiger partial charge in [-0.05, 0) is 37.1 Å². The molecule has 0 fully saturated rings. The molecule has 0 bridgehead atoms. The average Bonchev–Trinajstić information content (AvgIpc) is 2.40. The van der Waals surface area contributed by atoms with E-state index in [0.29, 0.717) is 31.0 Å². The van der Waals surface area contributed by atoms with Gasteiger partial charge in [-0.15, -0.1) is 6.58 Å². The maximum absolute atomic E-state index is 13.4. The molecule has 2 N–H and O–H groups in total. The van der Waals surface area contributed by atoms with Gasteiger partial charge in [-0.1, -0.05) is 6.08 Å². The molecule has 3 nitrogen and oxygen atoms in total. The summed E-state index contributed by atoms with van der Waals surface area (Å²) in [6, 6.07) is 3.45. The van der Waals surface area contributed by atoms with Crippen molar-refractivity contribution in [2.45, 2.75) is 13.3 Å². The van der Waals surface area contributed by atoms with E-state index in [1.54, 1.807) is 6.08 Å². The van der Waals surface area contributed by atoms with Crippen molar-refractivity contribution in [2.24, 2.45) is 4.99 Å². The Morgan fingerprint density at radius 1 is 1.37 bits per heavy atom. The van der Waals surface area contributed by atoms with E-state index in [1.165, 1.54) is 6.07 Å². The molecule has 0 aromatic heterocycles. The average molecular weight is 267 g/mol. The Morgan fingerprint density at radius 3 is 2.84 bits per heavy atom. The Labute approximate surface area is 112 Å². The van der Waals surface area contributed by atoms with Crippen molar-refractivity contribution in [1.82, 2.24) is 10.6 Å². The van der Waals surface area contributed by atoms with Crippen LogP contribution in [0.25, 0.3) is 0 Å². The highest BCUT2D eigenvalue weighted by molar-refractivity contribution is 5.79. The second-order valence-corrected chi connectivity index (χ2v) is 3.92. The number of halogens is 2. The Balaban J connectivity index is 2.57. The Bertz CT molecular complexity index is 444. The molecule has 0 spiro atoms. The van der Waals surface area contributed by atoms with Crippen molar-refractivity contribution in [3.05, 3.63) is 48.1 Å². The largest absolute Gasteiger partial charge is 0.357 e. The molecule has 0 atom stereocenters. The zero-order chi connectivity index (χ0) is 14.1. The number of hydrogen-bond donors (Lipinski definition) is 2. The van der Waals surface area contributed by atoms with Gasteiger partial charge in [0, 0.05) is 19.6 Å². The molecule has 1 aromatic carbocycles. The van der Waals surface area contributed by atoms with Crippen LogP contribution in [-0.2, 0) is 6.42 Å². The Hall–Kier alpha value is -1.91. The second kappa shape index (κ2) is 8.24. The van der Waals surface area contributed by atoms with E-state index in [-0.39, 0.29) is 0 Å². The third-order valence-corrected chi connectivity index (χ3v) is 2.42. The van der Waals surface area contributed by atoms with Crippen molar-refractivity contribution >= 4 is 5.96 Å². The molecule has 1 aromatic rings. The smallest absolute Gasteiger partial charge is 0.191 e. The molecule has 0 aliphatic heterocycles. The normalized spacial score (nSPS) is 11.2. The highest BCUT2D eigenvalue weighted by Crippen LogP contribution is 2.10. The van der Waals surface area contributed by atoms with E-state index in [2.05, 4.69) is 22.2 Å². The minimum atomic E-state index is -0.433. The van der Waals surface area contributed by atoms with Gasteiger partial charge >= 0.3 is 0 Å². The van der Waals surface area contributed by atoms with Gasteiger partial charge in [0.15, 0.2) is 5.96 Å². The summed E-state index contributed by atoms with van der Waals surface area (Å²) in [7, 11) is 0. The molecule has 5 heteroatoms. The van der Waals surface area contributed by atoms with Crippen molar-refractivity contribution in [3.63, 3.8) is 0 Å². The molecule has 0 heterocycles. The van der Waals surface area contributed by atoms with Crippen LogP contribution in [0.1, 0.15) is 12.5 Å². The summed E-state index contributed by atoms with van der Waals surface area (Å²) in [6.07, 6.45) is 2.08. The van der Waals surface area contributed by atoms with Crippen LogP contribution in [-0.4, -0.2) is 25.6 Å². The van der Waals surface area contributed by atoms with Gasteiger partial charge in [0.1, 0.15) is 11.6 Å². The number of hydrogen-bond acceptors (Lipinski definition) is 1. The molecular formula is C14H19F2N3. The van der Waals surface area contributed by atoms with E-state index >= 15 is 0 Å². The number of nitrogens with one attached hydrogen (secondary N) is 2. The van der Waals surface area contributed by atoms with Crippen LogP contribution in [0.4, 0.5) is 8.78 Å². The van der Waals surface area contributed by atoms with Crippen LogP contribution < -0.4 is 10.6 Å². The number of benzene rings is 1. The lowest BCUT2D eigenvalue weighted by atomic mass is 10.1. The van der Waals surface area contributed by atoms with Crippen LogP contribution in [0.3, 0.4) is 0 Å². The van der Waals surface area contributed by atoms with Crippen molar-refractivity contribution in [2.75, 3.05) is 19.6 Å². The van der Waals surface area contributed by atoms with E-state index in [4.69, 9.17) is 0 Å². The van der Waals surface area contributed by atoms with Crippen molar-refractivity contribution < 1.29 is 8.78 Å².